The molecule has 7 nitrogen and oxygen atoms in total. The van der Waals surface area contributed by atoms with Crippen LogP contribution in [0.2, 0.25) is 0 Å². The molecule has 8 heteroatoms. The summed E-state index contributed by atoms with van der Waals surface area (Å²) < 4.78 is 6.69. The van der Waals surface area contributed by atoms with Gasteiger partial charge in [-0.15, -0.1) is 5.10 Å². The molecule has 4 rings (SSSR count). The summed E-state index contributed by atoms with van der Waals surface area (Å²) in [5.74, 6) is 1.98. The summed E-state index contributed by atoms with van der Waals surface area (Å²) in [7, 11) is 0. The molecule has 0 saturated heterocycles. The quantitative estimate of drug-likeness (QED) is 0.573. The SMILES string of the molecule is c1ccc2c(c1)nc1[nH]nc(SCc3ncon3)n12. The van der Waals surface area contributed by atoms with Gasteiger partial charge in [0, 0.05) is 0 Å². The van der Waals surface area contributed by atoms with E-state index >= 15 is 0 Å². The van der Waals surface area contributed by atoms with E-state index in [9.17, 15) is 0 Å². The fourth-order valence-electron chi connectivity index (χ4n) is 1.92. The molecular weight excluding hydrogens is 264 g/mol. The first-order chi connectivity index (χ1) is 9.42. The normalized spacial score (nSPS) is 11.6. The van der Waals surface area contributed by atoms with Crippen LogP contribution in [-0.4, -0.2) is 29.7 Å². The summed E-state index contributed by atoms with van der Waals surface area (Å²) >= 11 is 1.53. The molecule has 1 aromatic carbocycles. The summed E-state index contributed by atoms with van der Waals surface area (Å²) in [6, 6.07) is 7.94. The summed E-state index contributed by atoms with van der Waals surface area (Å²) in [5, 5.41) is 11.8. The van der Waals surface area contributed by atoms with E-state index in [4.69, 9.17) is 4.52 Å². The first-order valence-corrected chi connectivity index (χ1v) is 6.60. The number of nitrogens with one attached hydrogen (secondary N) is 1. The number of fused-ring (bicyclic) bond motifs is 3. The van der Waals surface area contributed by atoms with Gasteiger partial charge in [-0.2, -0.15) is 4.98 Å². The molecule has 0 unspecified atom stereocenters. The van der Waals surface area contributed by atoms with Crippen LogP contribution in [0.4, 0.5) is 0 Å². The van der Waals surface area contributed by atoms with Crippen molar-refractivity contribution in [1.82, 2.24) is 29.7 Å². The summed E-state index contributed by atoms with van der Waals surface area (Å²) in [6.45, 7) is 0. The maximum atomic E-state index is 4.71. The van der Waals surface area contributed by atoms with Gasteiger partial charge in [-0.3, -0.25) is 4.40 Å². The molecule has 0 atom stereocenters. The number of H-pyrrole nitrogens is 1. The zero-order valence-electron chi connectivity index (χ0n) is 9.65. The van der Waals surface area contributed by atoms with Gasteiger partial charge in [0.1, 0.15) is 0 Å². The van der Waals surface area contributed by atoms with Gasteiger partial charge in [0.2, 0.25) is 12.2 Å². The predicted octanol–water partition coefficient (Wildman–Crippen LogP) is 1.89. The number of hydrogen-bond acceptors (Lipinski definition) is 6. The van der Waals surface area contributed by atoms with Crippen molar-refractivity contribution in [3.05, 3.63) is 36.5 Å². The minimum absolute atomic E-state index is 0.600. The van der Waals surface area contributed by atoms with Gasteiger partial charge in [0.25, 0.3) is 0 Å². The lowest BCUT2D eigenvalue weighted by Crippen LogP contribution is -1.88. The second-order valence-corrected chi connectivity index (χ2v) is 4.84. The number of rotatable bonds is 3. The Hall–Kier alpha value is -2.35. The van der Waals surface area contributed by atoms with Gasteiger partial charge in [0.15, 0.2) is 11.0 Å². The third-order valence-corrected chi connectivity index (χ3v) is 3.68. The molecule has 0 fully saturated rings. The molecule has 0 aliphatic carbocycles. The van der Waals surface area contributed by atoms with E-state index in [2.05, 4.69) is 25.3 Å². The topological polar surface area (TPSA) is 84.9 Å². The average molecular weight is 272 g/mol. The summed E-state index contributed by atoms with van der Waals surface area (Å²) in [6.07, 6.45) is 1.32. The van der Waals surface area contributed by atoms with E-state index in [1.165, 1.54) is 18.2 Å². The van der Waals surface area contributed by atoms with Crippen LogP contribution in [0.1, 0.15) is 5.82 Å². The molecular formula is C11H8N6OS. The van der Waals surface area contributed by atoms with Crippen LogP contribution >= 0.6 is 11.8 Å². The first kappa shape index (κ1) is 10.6. The Morgan fingerprint density at radius 3 is 3.16 bits per heavy atom. The summed E-state index contributed by atoms with van der Waals surface area (Å²) in [4.78, 5) is 8.45. The lowest BCUT2D eigenvalue weighted by molar-refractivity contribution is 0.412. The Morgan fingerprint density at radius 2 is 2.26 bits per heavy atom. The molecule has 0 bridgehead atoms. The number of aromatic nitrogens is 6. The Labute approximate surface area is 111 Å². The number of imidazole rings is 1. The van der Waals surface area contributed by atoms with Crippen molar-refractivity contribution >= 4 is 28.6 Å². The number of hydrogen-bond donors (Lipinski definition) is 1. The van der Waals surface area contributed by atoms with E-state index in [-0.39, 0.29) is 0 Å². The second kappa shape index (κ2) is 4.09. The second-order valence-electron chi connectivity index (χ2n) is 3.90. The number of benzene rings is 1. The van der Waals surface area contributed by atoms with Crippen LogP contribution in [0.5, 0.6) is 0 Å². The van der Waals surface area contributed by atoms with Crippen molar-refractivity contribution < 1.29 is 4.52 Å². The van der Waals surface area contributed by atoms with Gasteiger partial charge in [-0.1, -0.05) is 29.1 Å². The zero-order valence-corrected chi connectivity index (χ0v) is 10.5. The molecule has 3 heterocycles. The van der Waals surface area contributed by atoms with Gasteiger partial charge in [0.05, 0.1) is 16.8 Å². The van der Waals surface area contributed by atoms with Crippen molar-refractivity contribution in [2.75, 3.05) is 0 Å². The monoisotopic (exact) mass is 272 g/mol. The zero-order chi connectivity index (χ0) is 12.7. The highest BCUT2D eigenvalue weighted by Gasteiger charge is 2.12. The summed E-state index contributed by atoms with van der Waals surface area (Å²) in [5.41, 5.74) is 1.97. The van der Waals surface area contributed by atoms with Gasteiger partial charge in [-0.25, -0.2) is 10.1 Å². The first-order valence-electron chi connectivity index (χ1n) is 5.61. The molecule has 0 radical (unpaired) electrons. The lowest BCUT2D eigenvalue weighted by Gasteiger charge is -1.95. The van der Waals surface area contributed by atoms with Crippen LogP contribution in [0.15, 0.2) is 40.3 Å². The maximum absolute atomic E-state index is 4.71. The lowest BCUT2D eigenvalue weighted by atomic mass is 10.3. The molecule has 4 aromatic rings. The van der Waals surface area contributed by atoms with Crippen LogP contribution in [0, 0.1) is 0 Å². The average Bonchev–Trinajstić information content (AvgIpc) is 3.13. The largest absolute Gasteiger partial charge is 0.343 e. The van der Waals surface area contributed by atoms with E-state index in [1.54, 1.807) is 0 Å². The molecule has 0 aliphatic rings. The van der Waals surface area contributed by atoms with E-state index in [0.29, 0.717) is 11.6 Å². The van der Waals surface area contributed by atoms with Crippen LogP contribution < -0.4 is 0 Å². The third-order valence-electron chi connectivity index (χ3n) is 2.74. The number of thioether (sulfide) groups is 1. The molecule has 0 spiro atoms. The van der Waals surface area contributed by atoms with Crippen molar-refractivity contribution in [2.45, 2.75) is 10.9 Å². The molecule has 19 heavy (non-hydrogen) atoms. The van der Waals surface area contributed by atoms with Crippen molar-refractivity contribution in [2.24, 2.45) is 0 Å². The predicted molar refractivity (Wildman–Crippen MR) is 68.7 cm³/mol. The Bertz CT molecular complexity index is 833. The highest BCUT2D eigenvalue weighted by atomic mass is 32.2. The fourth-order valence-corrected chi connectivity index (χ4v) is 2.73. The Morgan fingerprint density at radius 1 is 1.32 bits per heavy atom. The molecule has 0 aliphatic heterocycles. The van der Waals surface area contributed by atoms with Crippen LogP contribution in [0.3, 0.4) is 0 Å². The molecule has 0 saturated carbocycles. The third kappa shape index (κ3) is 1.68. The molecule has 1 N–H and O–H groups in total. The number of para-hydroxylation sites is 2. The number of aromatic amines is 1. The smallest absolute Gasteiger partial charge is 0.231 e. The van der Waals surface area contributed by atoms with Crippen molar-refractivity contribution in [1.29, 1.82) is 0 Å². The van der Waals surface area contributed by atoms with Gasteiger partial charge in [-0.05, 0) is 12.1 Å². The molecule has 94 valence electrons. The van der Waals surface area contributed by atoms with E-state index < -0.39 is 0 Å². The molecule has 3 aromatic heterocycles. The Kier molecular flexibility index (Phi) is 2.27. The minimum atomic E-state index is 0.600. The Balaban J connectivity index is 1.77. The van der Waals surface area contributed by atoms with E-state index in [1.807, 2.05) is 28.7 Å². The van der Waals surface area contributed by atoms with Crippen molar-refractivity contribution in [3.63, 3.8) is 0 Å². The van der Waals surface area contributed by atoms with Crippen LogP contribution in [0.25, 0.3) is 16.8 Å². The standard InChI is InChI=1S/C11H8N6OS/c1-2-4-8-7(3-1)13-10-14-15-11(17(8)10)19-5-9-12-6-18-16-9/h1-4,6H,5H2,(H,13,14). The maximum Gasteiger partial charge on any atom is 0.231 e. The van der Waals surface area contributed by atoms with Crippen molar-refractivity contribution in [3.8, 4) is 0 Å². The fraction of sp³-hybridized carbons (Fsp3) is 0.0909. The van der Waals surface area contributed by atoms with Gasteiger partial charge < -0.3 is 4.52 Å². The van der Waals surface area contributed by atoms with Gasteiger partial charge >= 0.3 is 0 Å². The molecule has 0 amide bonds. The van der Waals surface area contributed by atoms with E-state index in [0.717, 1.165) is 22.0 Å². The highest BCUT2D eigenvalue weighted by Crippen LogP contribution is 2.24. The highest BCUT2D eigenvalue weighted by molar-refractivity contribution is 7.98. The minimum Gasteiger partial charge on any atom is -0.343 e. The van der Waals surface area contributed by atoms with Crippen LogP contribution in [-0.2, 0) is 5.75 Å². The number of nitrogens with zero attached hydrogens (tertiary/aromatic N) is 5.